The molecular formula is C38H48F4N6O7. The number of amides is 3. The van der Waals surface area contributed by atoms with E-state index in [1.54, 1.807) is 13.1 Å². The zero-order chi connectivity index (χ0) is 39.0. The van der Waals surface area contributed by atoms with Crippen molar-refractivity contribution in [2.45, 2.75) is 107 Å². The van der Waals surface area contributed by atoms with Crippen molar-refractivity contribution in [3.8, 4) is 5.75 Å². The summed E-state index contributed by atoms with van der Waals surface area (Å²) in [6.07, 6.45) is -2.87. The Hall–Kier alpha value is -3.80. The van der Waals surface area contributed by atoms with Gasteiger partial charge < -0.3 is 34.9 Å². The molecule has 1 aromatic heterocycles. The number of morpholine rings is 1. The van der Waals surface area contributed by atoms with Gasteiger partial charge >= 0.3 is 6.18 Å². The van der Waals surface area contributed by atoms with Gasteiger partial charge in [0.05, 0.1) is 43.1 Å². The molecule has 1 spiro atoms. The fraction of sp³-hybridized carbons (Fsp3) is 0.684. The van der Waals surface area contributed by atoms with Crippen LogP contribution in [0.5, 0.6) is 5.75 Å². The van der Waals surface area contributed by atoms with E-state index in [-0.39, 0.29) is 52.9 Å². The molecule has 3 amide bonds. The normalized spacial score (nSPS) is 26.7. The van der Waals surface area contributed by atoms with Crippen LogP contribution in [0.3, 0.4) is 0 Å². The molecule has 0 bridgehead atoms. The number of nitrogens with one attached hydrogen (secondary N) is 2. The summed E-state index contributed by atoms with van der Waals surface area (Å²) in [5, 5.41) is 20.5. The summed E-state index contributed by atoms with van der Waals surface area (Å²) in [5.74, 6) is -2.34. The highest BCUT2D eigenvalue weighted by molar-refractivity contribution is 6.01. The number of hydrogen-bond acceptors (Lipinski definition) is 9. The molecule has 4 atom stereocenters. The van der Waals surface area contributed by atoms with Crippen molar-refractivity contribution in [3.05, 3.63) is 41.5 Å². The molecule has 5 heterocycles. The van der Waals surface area contributed by atoms with Crippen LogP contribution in [-0.2, 0) is 26.1 Å². The van der Waals surface area contributed by atoms with Crippen molar-refractivity contribution < 1.29 is 51.3 Å². The third-order valence-corrected chi connectivity index (χ3v) is 12.3. The van der Waals surface area contributed by atoms with Gasteiger partial charge in [0.2, 0.25) is 5.91 Å². The summed E-state index contributed by atoms with van der Waals surface area (Å²) in [6, 6.07) is 2.21. The van der Waals surface area contributed by atoms with Crippen LogP contribution >= 0.6 is 0 Å². The third kappa shape index (κ3) is 7.56. The largest absolute Gasteiger partial charge is 0.487 e. The predicted molar refractivity (Wildman–Crippen MR) is 187 cm³/mol. The number of fused-ring (bicyclic) bond motifs is 1. The monoisotopic (exact) mass is 776 g/mol. The van der Waals surface area contributed by atoms with Gasteiger partial charge in [-0.3, -0.25) is 24.0 Å². The van der Waals surface area contributed by atoms with Crippen LogP contribution < -0.4 is 15.4 Å². The lowest BCUT2D eigenvalue weighted by Crippen LogP contribution is -2.64. The number of likely N-dealkylation sites (tertiary alicyclic amines) is 1. The first-order chi connectivity index (χ1) is 26.0. The SMILES string of the molecule is Cn1nccc1C(=O)N[C@H](C(=O)Nc1cc2c(cc1F)C(N1CC(C(F)(F)F)OC(C(C)(C)O)C1=O)CC1(CCN(C3COC3)CC1)O2)C(C1CC1)C1CC1. The zero-order valence-corrected chi connectivity index (χ0v) is 31.1. The number of rotatable bonds is 10. The Labute approximate surface area is 316 Å². The highest BCUT2D eigenvalue weighted by Gasteiger charge is 2.56. The molecule has 13 nitrogen and oxygen atoms in total. The standard InChI is InChI=1S/C38H48F4N6O7/c1-36(2,52)32-35(51)48(17-29(54-32)38(40,41)42)27-16-37(9-12-47(13-10-37)22-18-53-19-22)55-28-15-25(24(39)14-23(27)28)44-34(50)31(30(20-4-5-20)21-6-7-21)45-33(49)26-8-11-43-46(26)3/h8,11,14-15,20-22,27,29-32,52H,4-7,9-10,12-13,16-19H2,1-3H3,(H,44,50)(H,45,49)/t27?,29?,31-,32?/m0/s1. The van der Waals surface area contributed by atoms with E-state index in [2.05, 4.69) is 20.6 Å². The summed E-state index contributed by atoms with van der Waals surface area (Å²) in [4.78, 5) is 44.9. The lowest BCUT2D eigenvalue weighted by atomic mass is 9.79. The Morgan fingerprint density at radius 1 is 1.07 bits per heavy atom. The molecule has 300 valence electrons. The van der Waals surface area contributed by atoms with Gasteiger partial charge in [0, 0.05) is 44.4 Å². The summed E-state index contributed by atoms with van der Waals surface area (Å²) < 4.78 is 77.9. The first-order valence-electron chi connectivity index (χ1n) is 19.2. The average molecular weight is 777 g/mol. The van der Waals surface area contributed by atoms with Crippen molar-refractivity contribution in [1.29, 1.82) is 0 Å². The van der Waals surface area contributed by atoms with Crippen molar-refractivity contribution in [2.75, 3.05) is 38.2 Å². The van der Waals surface area contributed by atoms with Gasteiger partial charge in [-0.1, -0.05) is 0 Å². The van der Waals surface area contributed by atoms with Crippen LogP contribution in [0, 0.1) is 23.6 Å². The predicted octanol–water partition coefficient (Wildman–Crippen LogP) is 3.72. The fourth-order valence-corrected chi connectivity index (χ4v) is 8.93. The van der Waals surface area contributed by atoms with E-state index in [1.165, 1.54) is 30.8 Å². The minimum atomic E-state index is -4.86. The molecule has 3 saturated heterocycles. The molecule has 1 aromatic carbocycles. The summed E-state index contributed by atoms with van der Waals surface area (Å²) in [6.45, 7) is 3.99. The van der Waals surface area contributed by atoms with Crippen LogP contribution in [0.2, 0.25) is 0 Å². The maximum atomic E-state index is 16.3. The number of carbonyl (C=O) groups excluding carboxylic acids is 3. The number of carbonyl (C=O) groups is 3. The van der Waals surface area contributed by atoms with Crippen LogP contribution in [0.1, 0.15) is 80.9 Å². The number of aromatic nitrogens is 2. The van der Waals surface area contributed by atoms with Crippen molar-refractivity contribution in [1.82, 2.24) is 24.9 Å². The summed E-state index contributed by atoms with van der Waals surface area (Å²) in [7, 11) is 1.62. The Morgan fingerprint density at radius 3 is 2.29 bits per heavy atom. The molecule has 3 N–H and O–H groups in total. The van der Waals surface area contributed by atoms with Gasteiger partial charge in [-0.25, -0.2) is 4.39 Å². The number of piperidine rings is 1. The van der Waals surface area contributed by atoms with E-state index < -0.39 is 71.8 Å². The van der Waals surface area contributed by atoms with Gasteiger partial charge in [0.25, 0.3) is 11.8 Å². The second-order valence-corrected chi connectivity index (χ2v) is 16.8. The summed E-state index contributed by atoms with van der Waals surface area (Å²) in [5.41, 5.74) is -2.69. The van der Waals surface area contributed by atoms with Gasteiger partial charge in [-0.15, -0.1) is 0 Å². The lowest BCUT2D eigenvalue weighted by molar-refractivity contribution is -0.268. The Balaban J connectivity index is 1.13. The molecule has 6 aliphatic rings. The summed E-state index contributed by atoms with van der Waals surface area (Å²) >= 11 is 0. The Kier molecular flexibility index (Phi) is 9.69. The quantitative estimate of drug-likeness (QED) is 0.308. The molecule has 55 heavy (non-hydrogen) atoms. The minimum Gasteiger partial charge on any atom is -0.487 e. The van der Waals surface area contributed by atoms with E-state index >= 15 is 4.39 Å². The number of hydrogen-bond donors (Lipinski definition) is 3. The molecule has 8 rings (SSSR count). The first-order valence-corrected chi connectivity index (χ1v) is 19.2. The number of ether oxygens (including phenoxy) is 3. The number of aryl methyl sites for hydroxylation is 1. The van der Waals surface area contributed by atoms with Crippen LogP contribution in [-0.4, -0.2) is 117 Å². The van der Waals surface area contributed by atoms with Crippen LogP contribution in [0.15, 0.2) is 24.4 Å². The lowest BCUT2D eigenvalue weighted by Gasteiger charge is -2.52. The number of alkyl halides is 3. The van der Waals surface area contributed by atoms with E-state index in [0.717, 1.165) is 36.6 Å². The highest BCUT2D eigenvalue weighted by atomic mass is 19.4. The smallest absolute Gasteiger partial charge is 0.416 e. The number of benzene rings is 1. The van der Waals surface area contributed by atoms with Gasteiger partial charge in [0.15, 0.2) is 12.2 Å². The average Bonchev–Trinajstić information content (AvgIpc) is 4.04. The van der Waals surface area contributed by atoms with E-state index in [0.29, 0.717) is 39.1 Å². The first kappa shape index (κ1) is 38.1. The third-order valence-electron chi connectivity index (χ3n) is 12.3. The second-order valence-electron chi connectivity index (χ2n) is 16.8. The van der Waals surface area contributed by atoms with E-state index in [4.69, 9.17) is 14.2 Å². The molecule has 2 aliphatic carbocycles. The van der Waals surface area contributed by atoms with Gasteiger partial charge in [-0.05, 0) is 82.3 Å². The number of anilines is 1. The zero-order valence-electron chi connectivity index (χ0n) is 31.1. The topological polar surface area (TPSA) is 147 Å². The van der Waals surface area contributed by atoms with Crippen molar-refractivity contribution >= 4 is 23.4 Å². The van der Waals surface area contributed by atoms with Crippen LogP contribution in [0.25, 0.3) is 0 Å². The second kappa shape index (κ2) is 14.0. The molecule has 5 fully saturated rings. The molecule has 2 aromatic rings. The van der Waals surface area contributed by atoms with Gasteiger partial charge in [-0.2, -0.15) is 18.3 Å². The molecule has 4 aliphatic heterocycles. The molecular weight excluding hydrogens is 728 g/mol. The van der Waals surface area contributed by atoms with Crippen molar-refractivity contribution in [2.24, 2.45) is 24.8 Å². The Morgan fingerprint density at radius 2 is 1.75 bits per heavy atom. The Bertz CT molecular complexity index is 1800. The molecule has 2 saturated carbocycles. The van der Waals surface area contributed by atoms with E-state index in [9.17, 15) is 32.7 Å². The number of nitrogens with zero attached hydrogens (tertiary/aromatic N) is 4. The number of halogens is 4. The minimum absolute atomic E-state index is 0.0849. The molecule has 17 heteroatoms. The van der Waals surface area contributed by atoms with Crippen molar-refractivity contribution in [3.63, 3.8) is 0 Å². The molecule has 0 radical (unpaired) electrons. The highest BCUT2D eigenvalue weighted by Crippen LogP contribution is 2.52. The van der Waals surface area contributed by atoms with Crippen LogP contribution in [0.4, 0.5) is 23.2 Å². The maximum absolute atomic E-state index is 16.3. The fourth-order valence-electron chi connectivity index (χ4n) is 8.93. The van der Waals surface area contributed by atoms with Gasteiger partial charge in [0.1, 0.15) is 28.9 Å². The molecule has 3 unspecified atom stereocenters. The maximum Gasteiger partial charge on any atom is 0.416 e. The van der Waals surface area contributed by atoms with E-state index in [1.807, 2.05) is 0 Å². The number of aliphatic hydroxyl groups is 1.